The van der Waals surface area contributed by atoms with Crippen LogP contribution in [-0.2, 0) is 19.7 Å². The molecule has 0 amide bonds. The molecule has 292 valence electrons. The molecule has 0 spiro atoms. The first-order valence-corrected chi connectivity index (χ1v) is 22.1. The third-order valence-corrected chi connectivity index (χ3v) is 11.9. The van der Waals surface area contributed by atoms with Gasteiger partial charge in [-0.05, 0) is 59.7 Å². The summed E-state index contributed by atoms with van der Waals surface area (Å²) in [5, 5.41) is 8.17. The molecule has 2 aromatic heterocycles. The maximum atomic E-state index is 13.5. The molecule has 0 aliphatic carbocycles. The predicted octanol–water partition coefficient (Wildman–Crippen LogP) is 9.21. The number of hydrogen-bond donors (Lipinski definition) is 4. The van der Waals surface area contributed by atoms with Gasteiger partial charge in [0.15, 0.2) is 31.2 Å². The Labute approximate surface area is 336 Å². The van der Waals surface area contributed by atoms with E-state index in [9.17, 15) is 26.4 Å². The van der Waals surface area contributed by atoms with E-state index in [1.54, 1.807) is 60.9 Å². The molecular formula is C46H40N4O6S2. The second-order valence-electron chi connectivity index (χ2n) is 13.8. The summed E-state index contributed by atoms with van der Waals surface area (Å²) in [6.07, 6.45) is 5.77. The summed E-state index contributed by atoms with van der Waals surface area (Å²) in [5.74, 6) is -0.197. The van der Waals surface area contributed by atoms with Crippen LogP contribution in [0.3, 0.4) is 0 Å². The van der Waals surface area contributed by atoms with E-state index in [1.807, 2.05) is 109 Å². The van der Waals surface area contributed by atoms with Crippen molar-refractivity contribution in [2.45, 2.75) is 21.9 Å². The van der Waals surface area contributed by atoms with E-state index in [1.165, 1.54) is 0 Å². The fourth-order valence-electron chi connectivity index (χ4n) is 6.72. The van der Waals surface area contributed by atoms with Crippen molar-refractivity contribution in [2.75, 3.05) is 23.1 Å². The number of hydrogen-bond acceptors (Lipinski definition) is 8. The number of Topliss-reactive ketones (excluding diaryl/α,β-unsaturated/α-hetero) is 2. The highest BCUT2D eigenvalue weighted by molar-refractivity contribution is 7.91. The molecule has 0 bridgehead atoms. The number of ketones is 2. The molecule has 2 atom stereocenters. The number of aromatic nitrogens is 2. The molecule has 0 aliphatic rings. The molecule has 8 rings (SSSR count). The fourth-order valence-corrected chi connectivity index (χ4v) is 8.05. The topological polar surface area (TPSA) is 158 Å². The van der Waals surface area contributed by atoms with Gasteiger partial charge in [0.25, 0.3) is 0 Å². The molecule has 0 saturated heterocycles. The van der Waals surface area contributed by atoms with Gasteiger partial charge in [-0.1, -0.05) is 109 Å². The summed E-state index contributed by atoms with van der Waals surface area (Å²) < 4.78 is 47.6. The molecule has 12 heteroatoms. The van der Waals surface area contributed by atoms with Crippen molar-refractivity contribution in [1.82, 2.24) is 9.97 Å². The van der Waals surface area contributed by atoms with Gasteiger partial charge in [0, 0.05) is 69.2 Å². The molecule has 2 unspecified atom stereocenters. The lowest BCUT2D eigenvalue weighted by Crippen LogP contribution is -2.21. The second-order valence-corrected chi connectivity index (χ2v) is 17.8. The van der Waals surface area contributed by atoms with E-state index in [0.717, 1.165) is 45.4 Å². The summed E-state index contributed by atoms with van der Waals surface area (Å²) in [7, 11) is -6.70. The first-order chi connectivity index (χ1) is 27.9. The molecule has 0 saturated carbocycles. The van der Waals surface area contributed by atoms with Crippen molar-refractivity contribution in [3.8, 4) is 0 Å². The maximum absolute atomic E-state index is 13.5. The molecule has 8 aromatic rings. The number of anilines is 2. The first kappa shape index (κ1) is 39.5. The van der Waals surface area contributed by atoms with Gasteiger partial charge in [-0.3, -0.25) is 9.59 Å². The van der Waals surface area contributed by atoms with Crippen molar-refractivity contribution < 1.29 is 26.4 Å². The van der Waals surface area contributed by atoms with Gasteiger partial charge in [0.1, 0.15) is 12.1 Å². The lowest BCUT2D eigenvalue weighted by atomic mass is 9.96. The van der Waals surface area contributed by atoms with Crippen LogP contribution >= 0.6 is 0 Å². The van der Waals surface area contributed by atoms with Crippen LogP contribution in [0, 0.1) is 0 Å². The van der Waals surface area contributed by atoms with Crippen LogP contribution in [0.5, 0.6) is 0 Å². The van der Waals surface area contributed by atoms with Crippen molar-refractivity contribution in [2.24, 2.45) is 0 Å². The summed E-state index contributed by atoms with van der Waals surface area (Å²) in [5.41, 5.74) is 5.68. The van der Waals surface area contributed by atoms with Crippen LogP contribution in [0.1, 0.15) is 43.9 Å². The van der Waals surface area contributed by atoms with Gasteiger partial charge in [0.05, 0.1) is 9.79 Å². The van der Waals surface area contributed by atoms with Crippen molar-refractivity contribution >= 4 is 64.4 Å². The van der Waals surface area contributed by atoms with Gasteiger partial charge in [-0.25, -0.2) is 16.8 Å². The Morgan fingerprint density at radius 1 is 0.466 bits per heavy atom. The van der Waals surface area contributed by atoms with Crippen molar-refractivity contribution in [3.05, 3.63) is 192 Å². The number of fused-ring (bicyclic) bond motifs is 2. The summed E-state index contributed by atoms with van der Waals surface area (Å²) in [4.78, 5) is 33.7. The zero-order chi connectivity index (χ0) is 40.9. The zero-order valence-electron chi connectivity index (χ0n) is 31.6. The minimum atomic E-state index is -3.35. The van der Waals surface area contributed by atoms with Crippen LogP contribution in [0.15, 0.2) is 180 Å². The molecule has 0 fully saturated rings. The standard InChI is InChI=1S/2C23H20N2O3S/c2*1-29(27,28)18-11-7-10-17(14-18)25-22(16-8-3-2-4-9-16)23(26)20-15-24-21-13-6-5-12-19(20)21/h2*2-15,22,24-25H,1H3. The summed E-state index contributed by atoms with van der Waals surface area (Å²) >= 11 is 0. The Morgan fingerprint density at radius 2 is 0.828 bits per heavy atom. The SMILES string of the molecule is CS(=O)(=O)c1cccc(NC(C(=O)c2c[nH]c3ccccc23)c2ccccc2)c1.CS(=O)(=O)c1cccc(NC(C(=O)c2c[nH]c3ccccc23)c2ccccc2)c1. The molecule has 58 heavy (non-hydrogen) atoms. The highest BCUT2D eigenvalue weighted by atomic mass is 32.2. The lowest BCUT2D eigenvalue weighted by Gasteiger charge is -2.19. The predicted molar refractivity (Wildman–Crippen MR) is 230 cm³/mol. The fraction of sp³-hybridized carbons (Fsp3) is 0.0870. The van der Waals surface area contributed by atoms with Crippen LogP contribution < -0.4 is 10.6 Å². The number of nitrogens with one attached hydrogen (secondary N) is 4. The van der Waals surface area contributed by atoms with Gasteiger partial charge in [-0.15, -0.1) is 0 Å². The molecule has 10 nitrogen and oxygen atoms in total. The van der Waals surface area contributed by atoms with E-state index < -0.39 is 31.8 Å². The largest absolute Gasteiger partial charge is 0.371 e. The number of aromatic amines is 2. The second kappa shape index (κ2) is 16.8. The Hall–Kier alpha value is -6.76. The van der Waals surface area contributed by atoms with E-state index in [-0.39, 0.29) is 21.4 Å². The van der Waals surface area contributed by atoms with Crippen molar-refractivity contribution in [3.63, 3.8) is 0 Å². The van der Waals surface area contributed by atoms with Gasteiger partial charge in [0.2, 0.25) is 0 Å². The summed E-state index contributed by atoms with van der Waals surface area (Å²) in [6.45, 7) is 0. The van der Waals surface area contributed by atoms with Gasteiger partial charge in [-0.2, -0.15) is 0 Å². The van der Waals surface area contributed by atoms with Crippen LogP contribution in [-0.4, -0.2) is 50.9 Å². The number of H-pyrrole nitrogens is 2. The lowest BCUT2D eigenvalue weighted by molar-refractivity contribution is 0.0963. The van der Waals surface area contributed by atoms with E-state index in [4.69, 9.17) is 0 Å². The Balaban J connectivity index is 0.000000177. The third kappa shape index (κ3) is 8.94. The third-order valence-electron chi connectivity index (χ3n) is 9.65. The molecule has 2 heterocycles. The molecule has 0 radical (unpaired) electrons. The van der Waals surface area contributed by atoms with E-state index >= 15 is 0 Å². The first-order valence-electron chi connectivity index (χ1n) is 18.3. The van der Waals surface area contributed by atoms with E-state index in [2.05, 4.69) is 20.6 Å². The molecule has 0 aliphatic heterocycles. The average molecular weight is 809 g/mol. The summed E-state index contributed by atoms with van der Waals surface area (Å²) in [6, 6.07) is 45.8. The van der Waals surface area contributed by atoms with Gasteiger partial charge < -0.3 is 20.6 Å². The monoisotopic (exact) mass is 808 g/mol. The minimum Gasteiger partial charge on any atom is -0.371 e. The Morgan fingerprint density at radius 3 is 1.21 bits per heavy atom. The minimum absolute atomic E-state index is 0.0987. The number of sulfone groups is 2. The van der Waals surface area contributed by atoms with Crippen LogP contribution in [0.2, 0.25) is 0 Å². The molecular weight excluding hydrogens is 769 g/mol. The Bertz CT molecular complexity index is 2760. The highest BCUT2D eigenvalue weighted by Gasteiger charge is 2.26. The van der Waals surface area contributed by atoms with Crippen LogP contribution in [0.25, 0.3) is 21.8 Å². The number of rotatable bonds is 12. The smallest absolute Gasteiger partial charge is 0.191 e. The molecule has 6 aromatic carbocycles. The van der Waals surface area contributed by atoms with Crippen LogP contribution in [0.4, 0.5) is 11.4 Å². The number of benzene rings is 6. The highest BCUT2D eigenvalue weighted by Crippen LogP contribution is 2.30. The quantitative estimate of drug-likeness (QED) is 0.0890. The number of para-hydroxylation sites is 2. The van der Waals surface area contributed by atoms with Crippen molar-refractivity contribution in [1.29, 1.82) is 0 Å². The van der Waals surface area contributed by atoms with E-state index in [0.29, 0.717) is 22.5 Å². The maximum Gasteiger partial charge on any atom is 0.191 e. The molecule has 4 N–H and O–H groups in total. The zero-order valence-corrected chi connectivity index (χ0v) is 33.2. The normalized spacial score (nSPS) is 12.6. The average Bonchev–Trinajstić information content (AvgIpc) is 3.87. The number of carbonyl (C=O) groups is 2. The number of carbonyl (C=O) groups excluding carboxylic acids is 2. The van der Waals surface area contributed by atoms with Gasteiger partial charge >= 0.3 is 0 Å². The Kier molecular flexibility index (Phi) is 11.4.